The largest absolute Gasteiger partial charge is 0.0807 e. The van der Waals surface area contributed by atoms with Crippen LogP contribution in [0.15, 0.2) is 34.9 Å². The SMILES string of the molecule is BrC1=CCC=CC=C1. The lowest BCUT2D eigenvalue weighted by Crippen LogP contribution is -1.56. The van der Waals surface area contributed by atoms with Gasteiger partial charge < -0.3 is 0 Å². The highest BCUT2D eigenvalue weighted by Crippen LogP contribution is 2.10. The van der Waals surface area contributed by atoms with Crippen LogP contribution in [0.3, 0.4) is 0 Å². The van der Waals surface area contributed by atoms with Crippen molar-refractivity contribution in [1.29, 1.82) is 0 Å². The summed E-state index contributed by atoms with van der Waals surface area (Å²) in [5.74, 6) is 0. The minimum atomic E-state index is 1.04. The molecule has 0 fully saturated rings. The average Bonchev–Trinajstić information content (AvgIpc) is 1.94. The highest BCUT2D eigenvalue weighted by atomic mass is 79.9. The van der Waals surface area contributed by atoms with Gasteiger partial charge in [0.1, 0.15) is 0 Å². The highest BCUT2D eigenvalue weighted by molar-refractivity contribution is 9.11. The van der Waals surface area contributed by atoms with E-state index in [-0.39, 0.29) is 0 Å². The van der Waals surface area contributed by atoms with Crippen molar-refractivity contribution in [2.24, 2.45) is 0 Å². The summed E-state index contributed by atoms with van der Waals surface area (Å²) in [5.41, 5.74) is 0. The maximum Gasteiger partial charge on any atom is 0.0138 e. The first kappa shape index (κ1) is 5.83. The number of halogens is 1. The average molecular weight is 171 g/mol. The number of rotatable bonds is 0. The fraction of sp³-hybridized carbons (Fsp3) is 0.143. The molecule has 0 aromatic rings. The van der Waals surface area contributed by atoms with E-state index in [0.29, 0.717) is 0 Å². The maximum absolute atomic E-state index is 3.37. The van der Waals surface area contributed by atoms with Gasteiger partial charge in [-0.25, -0.2) is 0 Å². The molecular formula is C7H7Br. The smallest absolute Gasteiger partial charge is 0.0138 e. The second kappa shape index (κ2) is 2.88. The van der Waals surface area contributed by atoms with E-state index in [1.807, 2.05) is 18.2 Å². The van der Waals surface area contributed by atoms with Gasteiger partial charge in [0.2, 0.25) is 0 Å². The molecule has 0 aromatic heterocycles. The molecule has 0 saturated heterocycles. The zero-order valence-corrected chi connectivity index (χ0v) is 6.06. The molecule has 1 heteroatoms. The normalized spacial score (nSPS) is 17.9. The Morgan fingerprint density at radius 3 is 3.12 bits per heavy atom. The minimum absolute atomic E-state index is 1.04. The molecule has 0 saturated carbocycles. The van der Waals surface area contributed by atoms with Gasteiger partial charge in [-0.05, 0) is 12.5 Å². The Balaban J connectivity index is 2.69. The standard InChI is InChI=1S/C7H7Br/c8-7-5-3-1-2-4-6-7/h1-3,5-6H,4H2. The quantitative estimate of drug-likeness (QED) is 0.525. The van der Waals surface area contributed by atoms with Gasteiger partial charge in [0.15, 0.2) is 0 Å². The lowest BCUT2D eigenvalue weighted by Gasteiger charge is -1.80. The first-order chi connectivity index (χ1) is 3.89. The predicted molar refractivity (Wildman–Crippen MR) is 39.9 cm³/mol. The van der Waals surface area contributed by atoms with Crippen LogP contribution in [0.25, 0.3) is 0 Å². The first-order valence-corrected chi connectivity index (χ1v) is 3.38. The minimum Gasteiger partial charge on any atom is -0.0807 e. The fourth-order valence-electron chi connectivity index (χ4n) is 0.553. The van der Waals surface area contributed by atoms with Gasteiger partial charge >= 0.3 is 0 Å². The molecular weight excluding hydrogens is 164 g/mol. The monoisotopic (exact) mass is 170 g/mol. The van der Waals surface area contributed by atoms with Crippen molar-refractivity contribution in [1.82, 2.24) is 0 Å². The van der Waals surface area contributed by atoms with Gasteiger partial charge in [-0.3, -0.25) is 0 Å². The summed E-state index contributed by atoms with van der Waals surface area (Å²) < 4.78 is 1.17. The zero-order chi connectivity index (χ0) is 5.82. The van der Waals surface area contributed by atoms with E-state index in [2.05, 4.69) is 28.1 Å². The van der Waals surface area contributed by atoms with Gasteiger partial charge in [0.05, 0.1) is 0 Å². The van der Waals surface area contributed by atoms with Crippen LogP contribution in [0, 0.1) is 0 Å². The van der Waals surface area contributed by atoms with Crippen molar-refractivity contribution < 1.29 is 0 Å². The zero-order valence-electron chi connectivity index (χ0n) is 4.47. The molecule has 0 nitrogen and oxygen atoms in total. The van der Waals surface area contributed by atoms with Crippen LogP contribution in [-0.2, 0) is 0 Å². The van der Waals surface area contributed by atoms with E-state index in [4.69, 9.17) is 0 Å². The molecule has 0 heterocycles. The van der Waals surface area contributed by atoms with E-state index in [1.54, 1.807) is 0 Å². The number of hydrogen-bond donors (Lipinski definition) is 0. The Labute approximate surface area is 57.7 Å². The van der Waals surface area contributed by atoms with Crippen molar-refractivity contribution in [2.75, 3.05) is 0 Å². The molecule has 42 valence electrons. The van der Waals surface area contributed by atoms with Crippen LogP contribution in [-0.4, -0.2) is 0 Å². The van der Waals surface area contributed by atoms with Crippen LogP contribution >= 0.6 is 15.9 Å². The van der Waals surface area contributed by atoms with Crippen LogP contribution in [0.1, 0.15) is 6.42 Å². The summed E-state index contributed by atoms with van der Waals surface area (Å²) in [7, 11) is 0. The molecule has 0 atom stereocenters. The Hall–Kier alpha value is -0.300. The second-order valence-corrected chi connectivity index (χ2v) is 2.53. The molecule has 0 N–H and O–H groups in total. The first-order valence-electron chi connectivity index (χ1n) is 2.58. The lowest BCUT2D eigenvalue weighted by atomic mass is 10.4. The molecule has 1 rings (SSSR count). The third kappa shape index (κ3) is 1.66. The fourth-order valence-corrected chi connectivity index (χ4v) is 0.893. The molecule has 1 aliphatic carbocycles. The van der Waals surface area contributed by atoms with E-state index in [0.717, 1.165) is 6.42 Å². The molecule has 0 radical (unpaired) electrons. The Morgan fingerprint density at radius 1 is 1.38 bits per heavy atom. The van der Waals surface area contributed by atoms with Crippen LogP contribution in [0.4, 0.5) is 0 Å². The summed E-state index contributed by atoms with van der Waals surface area (Å²) in [6, 6.07) is 0. The highest BCUT2D eigenvalue weighted by Gasteiger charge is 1.83. The lowest BCUT2D eigenvalue weighted by molar-refractivity contribution is 1.40. The van der Waals surface area contributed by atoms with Crippen LogP contribution < -0.4 is 0 Å². The van der Waals surface area contributed by atoms with E-state index in [1.165, 1.54) is 4.48 Å². The summed E-state index contributed by atoms with van der Waals surface area (Å²) >= 11 is 3.37. The van der Waals surface area contributed by atoms with Crippen molar-refractivity contribution in [3.8, 4) is 0 Å². The van der Waals surface area contributed by atoms with Crippen molar-refractivity contribution >= 4 is 15.9 Å². The van der Waals surface area contributed by atoms with Crippen LogP contribution in [0.5, 0.6) is 0 Å². The maximum atomic E-state index is 3.37. The summed E-state index contributed by atoms with van der Waals surface area (Å²) in [5, 5.41) is 0. The summed E-state index contributed by atoms with van der Waals surface area (Å²) in [6.07, 6.45) is 11.4. The van der Waals surface area contributed by atoms with Gasteiger partial charge in [-0.2, -0.15) is 0 Å². The molecule has 8 heavy (non-hydrogen) atoms. The topological polar surface area (TPSA) is 0 Å². The predicted octanol–water partition coefficient (Wildman–Crippen LogP) is 2.78. The van der Waals surface area contributed by atoms with E-state index >= 15 is 0 Å². The Bertz CT molecular complexity index is 149. The Kier molecular flexibility index (Phi) is 2.10. The molecule has 0 aliphatic heterocycles. The van der Waals surface area contributed by atoms with Gasteiger partial charge in [0, 0.05) is 4.48 Å². The molecule has 0 bridgehead atoms. The summed E-state index contributed by atoms with van der Waals surface area (Å²) in [4.78, 5) is 0. The molecule has 0 spiro atoms. The van der Waals surface area contributed by atoms with E-state index in [9.17, 15) is 0 Å². The van der Waals surface area contributed by atoms with Gasteiger partial charge in [-0.1, -0.05) is 40.2 Å². The molecule has 0 aromatic carbocycles. The van der Waals surface area contributed by atoms with Crippen molar-refractivity contribution in [3.05, 3.63) is 34.9 Å². The molecule has 1 aliphatic rings. The van der Waals surface area contributed by atoms with Crippen LogP contribution in [0.2, 0.25) is 0 Å². The third-order valence-corrected chi connectivity index (χ3v) is 1.54. The number of allylic oxidation sites excluding steroid dienone is 6. The van der Waals surface area contributed by atoms with E-state index < -0.39 is 0 Å². The molecule has 0 amide bonds. The van der Waals surface area contributed by atoms with Crippen molar-refractivity contribution in [2.45, 2.75) is 6.42 Å². The summed E-state index contributed by atoms with van der Waals surface area (Å²) in [6.45, 7) is 0. The van der Waals surface area contributed by atoms with Crippen molar-refractivity contribution in [3.63, 3.8) is 0 Å². The van der Waals surface area contributed by atoms with Gasteiger partial charge in [-0.15, -0.1) is 0 Å². The third-order valence-electron chi connectivity index (χ3n) is 0.952. The second-order valence-electron chi connectivity index (χ2n) is 1.61. The molecule has 0 unspecified atom stereocenters. The van der Waals surface area contributed by atoms with Gasteiger partial charge in [0.25, 0.3) is 0 Å². The Morgan fingerprint density at radius 2 is 2.25 bits per heavy atom. The number of hydrogen-bond acceptors (Lipinski definition) is 0.